The van der Waals surface area contributed by atoms with Gasteiger partial charge in [0.2, 0.25) is 0 Å². The minimum Gasteiger partial charge on any atom is -0.0808 e. The lowest BCUT2D eigenvalue weighted by Crippen LogP contribution is -2.19. The zero-order valence-corrected chi connectivity index (χ0v) is 10.2. The van der Waals surface area contributed by atoms with Crippen LogP contribution in [0.1, 0.15) is 38.3 Å². The molecule has 2 aliphatic rings. The summed E-state index contributed by atoms with van der Waals surface area (Å²) in [4.78, 5) is 0. The molecule has 3 rings (SSSR count). The van der Waals surface area contributed by atoms with Crippen LogP contribution in [0.25, 0.3) is 5.57 Å². The normalized spacial score (nSPS) is 25.6. The number of hydrogen-bond donors (Lipinski definition) is 0. The lowest BCUT2D eigenvalue weighted by molar-refractivity contribution is 0.566. The van der Waals surface area contributed by atoms with Gasteiger partial charge in [-0.1, -0.05) is 62.8 Å². The molecule has 0 heterocycles. The van der Waals surface area contributed by atoms with Gasteiger partial charge in [-0.15, -0.1) is 0 Å². The first-order valence-electron chi connectivity index (χ1n) is 6.12. The molecule has 0 N–H and O–H groups in total. The summed E-state index contributed by atoms with van der Waals surface area (Å²) in [7, 11) is 0. The number of hydrogen-bond acceptors (Lipinski definition) is 0. The smallest absolute Gasteiger partial charge is 0.0121 e. The van der Waals surface area contributed by atoms with Crippen molar-refractivity contribution in [2.24, 2.45) is 5.92 Å². The topological polar surface area (TPSA) is 0 Å². The molecule has 0 radical (unpaired) electrons. The van der Waals surface area contributed by atoms with Crippen LogP contribution in [0, 0.1) is 5.92 Å². The van der Waals surface area contributed by atoms with Gasteiger partial charge in [0.15, 0.2) is 0 Å². The van der Waals surface area contributed by atoms with E-state index in [1.54, 1.807) is 5.57 Å². The number of allylic oxidation sites excluding steroid dienone is 4. The minimum absolute atomic E-state index is 0.227. The van der Waals surface area contributed by atoms with Crippen LogP contribution in [-0.2, 0) is 5.41 Å². The van der Waals surface area contributed by atoms with Crippen LogP contribution in [0.15, 0.2) is 42.0 Å². The maximum absolute atomic E-state index is 2.36. The van der Waals surface area contributed by atoms with Gasteiger partial charge in [-0.3, -0.25) is 0 Å². The lowest BCUT2D eigenvalue weighted by atomic mass is 9.77. The summed E-state index contributed by atoms with van der Waals surface area (Å²) in [6, 6.07) is 8.86. The van der Waals surface area contributed by atoms with Crippen LogP contribution in [-0.4, -0.2) is 0 Å². The van der Waals surface area contributed by atoms with Crippen molar-refractivity contribution in [3.05, 3.63) is 53.1 Å². The van der Waals surface area contributed by atoms with E-state index in [-0.39, 0.29) is 5.41 Å². The Morgan fingerprint density at radius 1 is 1.19 bits per heavy atom. The van der Waals surface area contributed by atoms with E-state index < -0.39 is 0 Å². The molecule has 0 heteroatoms. The van der Waals surface area contributed by atoms with Gasteiger partial charge in [-0.05, 0) is 29.0 Å². The highest BCUT2D eigenvalue weighted by molar-refractivity contribution is 5.86. The van der Waals surface area contributed by atoms with Crippen molar-refractivity contribution >= 4 is 5.57 Å². The quantitative estimate of drug-likeness (QED) is 0.598. The molecule has 0 aromatic heterocycles. The third kappa shape index (κ3) is 1.16. The molecule has 0 spiro atoms. The Bertz CT molecular complexity index is 501. The van der Waals surface area contributed by atoms with Crippen molar-refractivity contribution in [2.75, 3.05) is 0 Å². The standard InChI is InChI=1S/C16H18/c1-11-8-9-13-12-6-4-5-7-14(12)16(2,3)15(13)10-11/h4-9,11H,10H2,1-3H3. The van der Waals surface area contributed by atoms with E-state index in [4.69, 9.17) is 0 Å². The summed E-state index contributed by atoms with van der Waals surface area (Å²) in [6.45, 7) is 7.03. The van der Waals surface area contributed by atoms with Crippen LogP contribution in [0.4, 0.5) is 0 Å². The highest BCUT2D eigenvalue weighted by Gasteiger charge is 2.37. The minimum atomic E-state index is 0.227. The summed E-state index contributed by atoms with van der Waals surface area (Å²) in [5.74, 6) is 0.687. The van der Waals surface area contributed by atoms with Crippen molar-refractivity contribution in [1.29, 1.82) is 0 Å². The van der Waals surface area contributed by atoms with Gasteiger partial charge in [0.1, 0.15) is 0 Å². The molecule has 1 atom stereocenters. The van der Waals surface area contributed by atoms with Gasteiger partial charge < -0.3 is 0 Å². The van der Waals surface area contributed by atoms with E-state index >= 15 is 0 Å². The fourth-order valence-corrected chi connectivity index (χ4v) is 3.13. The summed E-state index contributed by atoms with van der Waals surface area (Å²) in [5.41, 5.74) is 6.29. The van der Waals surface area contributed by atoms with Gasteiger partial charge in [-0.2, -0.15) is 0 Å². The fraction of sp³-hybridized carbons (Fsp3) is 0.375. The molecule has 2 aliphatic carbocycles. The van der Waals surface area contributed by atoms with E-state index in [2.05, 4.69) is 57.2 Å². The highest BCUT2D eigenvalue weighted by Crippen LogP contribution is 2.50. The van der Waals surface area contributed by atoms with Crippen molar-refractivity contribution in [2.45, 2.75) is 32.6 Å². The Hall–Kier alpha value is -1.30. The van der Waals surface area contributed by atoms with Crippen LogP contribution in [0.2, 0.25) is 0 Å². The lowest BCUT2D eigenvalue weighted by Gasteiger charge is -2.27. The molecule has 16 heavy (non-hydrogen) atoms. The van der Waals surface area contributed by atoms with Crippen LogP contribution < -0.4 is 0 Å². The van der Waals surface area contributed by atoms with E-state index in [1.807, 2.05) is 0 Å². The Balaban J connectivity index is 2.24. The molecule has 0 bridgehead atoms. The third-order valence-electron chi connectivity index (χ3n) is 4.09. The molecule has 1 unspecified atom stereocenters. The number of benzene rings is 1. The fourth-order valence-electron chi connectivity index (χ4n) is 3.13. The molecule has 1 aromatic carbocycles. The molecular weight excluding hydrogens is 192 g/mol. The average molecular weight is 210 g/mol. The Morgan fingerprint density at radius 2 is 1.94 bits per heavy atom. The van der Waals surface area contributed by atoms with Crippen molar-refractivity contribution in [3.63, 3.8) is 0 Å². The largest absolute Gasteiger partial charge is 0.0808 e. The van der Waals surface area contributed by atoms with Crippen molar-refractivity contribution < 1.29 is 0 Å². The van der Waals surface area contributed by atoms with E-state index in [0.717, 1.165) is 0 Å². The first kappa shape index (κ1) is 9.89. The molecule has 0 saturated carbocycles. The van der Waals surface area contributed by atoms with Gasteiger partial charge in [0.25, 0.3) is 0 Å². The second kappa shape index (κ2) is 3.10. The first-order chi connectivity index (χ1) is 7.60. The molecule has 1 aromatic rings. The highest BCUT2D eigenvalue weighted by atomic mass is 14.4. The Kier molecular flexibility index (Phi) is 1.92. The maximum Gasteiger partial charge on any atom is 0.0121 e. The van der Waals surface area contributed by atoms with Gasteiger partial charge in [0, 0.05) is 5.41 Å². The summed E-state index contributed by atoms with van der Waals surface area (Å²) < 4.78 is 0. The molecule has 0 amide bonds. The molecule has 0 saturated heterocycles. The number of rotatable bonds is 0. The van der Waals surface area contributed by atoms with Crippen LogP contribution in [0.5, 0.6) is 0 Å². The summed E-state index contributed by atoms with van der Waals surface area (Å²) >= 11 is 0. The van der Waals surface area contributed by atoms with Gasteiger partial charge in [0.05, 0.1) is 0 Å². The Morgan fingerprint density at radius 3 is 2.75 bits per heavy atom. The van der Waals surface area contributed by atoms with E-state index in [9.17, 15) is 0 Å². The molecule has 0 nitrogen and oxygen atoms in total. The second-order valence-corrected chi connectivity index (χ2v) is 5.60. The van der Waals surface area contributed by atoms with Gasteiger partial charge >= 0.3 is 0 Å². The second-order valence-electron chi connectivity index (χ2n) is 5.60. The zero-order chi connectivity index (χ0) is 11.3. The SMILES string of the molecule is CC1C=CC2=C(C1)C(C)(C)c1ccccc12. The zero-order valence-electron chi connectivity index (χ0n) is 10.2. The van der Waals surface area contributed by atoms with E-state index in [0.29, 0.717) is 5.92 Å². The maximum atomic E-state index is 2.36. The van der Waals surface area contributed by atoms with Crippen molar-refractivity contribution in [3.8, 4) is 0 Å². The van der Waals surface area contributed by atoms with Gasteiger partial charge in [-0.25, -0.2) is 0 Å². The monoisotopic (exact) mass is 210 g/mol. The third-order valence-corrected chi connectivity index (χ3v) is 4.09. The molecule has 0 fully saturated rings. The van der Waals surface area contributed by atoms with Crippen LogP contribution >= 0.6 is 0 Å². The number of fused-ring (bicyclic) bond motifs is 2. The van der Waals surface area contributed by atoms with E-state index in [1.165, 1.54) is 23.1 Å². The van der Waals surface area contributed by atoms with Crippen molar-refractivity contribution in [1.82, 2.24) is 0 Å². The molecule has 0 aliphatic heterocycles. The Labute approximate surface area is 97.7 Å². The predicted molar refractivity (Wildman–Crippen MR) is 69.3 cm³/mol. The molecule has 82 valence electrons. The average Bonchev–Trinajstić information content (AvgIpc) is 2.49. The predicted octanol–water partition coefficient (Wildman–Crippen LogP) is 4.33. The summed E-state index contributed by atoms with van der Waals surface area (Å²) in [5, 5.41) is 0. The molecular formula is C16H18. The summed E-state index contributed by atoms with van der Waals surface area (Å²) in [6.07, 6.45) is 5.89. The van der Waals surface area contributed by atoms with Crippen LogP contribution in [0.3, 0.4) is 0 Å². The first-order valence-corrected chi connectivity index (χ1v) is 6.12.